The van der Waals surface area contributed by atoms with Crippen molar-refractivity contribution in [3.63, 3.8) is 0 Å². The molecule has 0 radical (unpaired) electrons. The van der Waals surface area contributed by atoms with Gasteiger partial charge in [0.05, 0.1) is 18.4 Å². The van der Waals surface area contributed by atoms with E-state index in [2.05, 4.69) is 36.1 Å². The number of aromatic nitrogens is 4. The van der Waals surface area contributed by atoms with Crippen LogP contribution < -0.4 is 20.7 Å². The van der Waals surface area contributed by atoms with Crippen LogP contribution in [0, 0.1) is 0 Å². The zero-order valence-electron chi connectivity index (χ0n) is 19.1. The number of carbonyl (C=O) groups is 3. The minimum atomic E-state index is -0.408. The molecule has 182 valence electrons. The number of aromatic amines is 1. The predicted octanol–water partition coefficient (Wildman–Crippen LogP) is 2.01. The van der Waals surface area contributed by atoms with Crippen LogP contribution in [0.15, 0.2) is 48.8 Å². The Morgan fingerprint density at radius 2 is 1.89 bits per heavy atom. The third kappa shape index (κ3) is 4.64. The molecule has 0 bridgehead atoms. The van der Waals surface area contributed by atoms with Crippen molar-refractivity contribution in [2.75, 3.05) is 24.4 Å². The molecule has 0 atom stereocenters. The maximum Gasteiger partial charge on any atom is 0.337 e. The van der Waals surface area contributed by atoms with E-state index in [1.54, 1.807) is 36.4 Å². The lowest BCUT2D eigenvalue weighted by atomic mass is 10.1. The van der Waals surface area contributed by atoms with E-state index in [9.17, 15) is 14.4 Å². The molecular formula is C24H21N7O5. The number of anilines is 2. The van der Waals surface area contributed by atoms with Crippen molar-refractivity contribution in [3.05, 3.63) is 71.2 Å². The fourth-order valence-corrected chi connectivity index (χ4v) is 3.70. The first kappa shape index (κ1) is 22.8. The number of esters is 1. The third-order valence-corrected chi connectivity index (χ3v) is 5.53. The number of methoxy groups -OCH3 is 1. The summed E-state index contributed by atoms with van der Waals surface area (Å²) in [5.41, 5.74) is 3.73. The maximum atomic E-state index is 12.9. The molecular weight excluding hydrogens is 466 g/mol. The van der Waals surface area contributed by atoms with E-state index >= 15 is 0 Å². The van der Waals surface area contributed by atoms with E-state index in [0.717, 1.165) is 11.1 Å². The number of rotatable bonds is 7. The van der Waals surface area contributed by atoms with Gasteiger partial charge >= 0.3 is 5.97 Å². The quantitative estimate of drug-likeness (QED) is 0.286. The second-order valence-electron chi connectivity index (χ2n) is 7.91. The molecule has 2 aromatic heterocycles. The largest absolute Gasteiger partial charge is 0.482 e. The molecule has 0 aliphatic carbocycles. The molecule has 4 N–H and O–H groups in total. The molecule has 36 heavy (non-hydrogen) atoms. The molecule has 12 heteroatoms. The monoisotopic (exact) mass is 487 g/mol. The number of benzene rings is 2. The average molecular weight is 487 g/mol. The van der Waals surface area contributed by atoms with Crippen molar-refractivity contribution >= 4 is 40.3 Å². The van der Waals surface area contributed by atoms with Crippen molar-refractivity contribution in [1.29, 1.82) is 0 Å². The Hall–Kier alpha value is -5.00. The van der Waals surface area contributed by atoms with E-state index in [4.69, 9.17) is 9.47 Å². The van der Waals surface area contributed by atoms with E-state index in [1.165, 1.54) is 13.4 Å². The van der Waals surface area contributed by atoms with Crippen LogP contribution in [0.25, 0.3) is 11.0 Å². The lowest BCUT2D eigenvalue weighted by Crippen LogP contribution is -2.26. The van der Waals surface area contributed by atoms with Gasteiger partial charge in [-0.15, -0.1) is 0 Å². The molecule has 0 saturated heterocycles. The van der Waals surface area contributed by atoms with Gasteiger partial charge in [0, 0.05) is 13.1 Å². The van der Waals surface area contributed by atoms with Crippen LogP contribution in [0.5, 0.6) is 5.75 Å². The van der Waals surface area contributed by atoms with Crippen LogP contribution in [0.3, 0.4) is 0 Å². The third-order valence-electron chi connectivity index (χ3n) is 5.53. The number of hydrogen-bond acceptors (Lipinski definition) is 9. The first-order valence-corrected chi connectivity index (χ1v) is 11.0. The molecule has 2 amide bonds. The minimum Gasteiger partial charge on any atom is -0.482 e. The van der Waals surface area contributed by atoms with E-state index in [-0.39, 0.29) is 24.8 Å². The molecule has 1 aliphatic rings. The minimum absolute atomic E-state index is 0.0184. The number of fused-ring (bicyclic) bond motifs is 2. The Morgan fingerprint density at radius 3 is 2.69 bits per heavy atom. The summed E-state index contributed by atoms with van der Waals surface area (Å²) in [6.07, 6.45) is 1.30. The van der Waals surface area contributed by atoms with Gasteiger partial charge in [0.25, 0.3) is 11.8 Å². The molecule has 0 spiro atoms. The van der Waals surface area contributed by atoms with E-state index in [0.29, 0.717) is 40.4 Å². The SMILES string of the molecule is COC(=O)c1ccc(CNc2n[nH]c3c(C(=O)NCc4ccc5c(c4)NC(=O)CO5)ncnc23)cc1. The van der Waals surface area contributed by atoms with Crippen molar-refractivity contribution in [2.45, 2.75) is 13.1 Å². The molecule has 5 rings (SSSR count). The summed E-state index contributed by atoms with van der Waals surface area (Å²) in [6.45, 7) is 0.620. The van der Waals surface area contributed by atoms with Gasteiger partial charge in [0.2, 0.25) is 0 Å². The fraction of sp³-hybridized carbons (Fsp3) is 0.167. The molecule has 2 aromatic carbocycles. The van der Waals surface area contributed by atoms with Gasteiger partial charge in [-0.25, -0.2) is 14.8 Å². The summed E-state index contributed by atoms with van der Waals surface area (Å²) in [4.78, 5) is 44.4. The number of carbonyl (C=O) groups excluding carboxylic acids is 3. The van der Waals surface area contributed by atoms with Gasteiger partial charge in [0.15, 0.2) is 18.1 Å². The lowest BCUT2D eigenvalue weighted by Gasteiger charge is -2.18. The van der Waals surface area contributed by atoms with Crippen molar-refractivity contribution < 1.29 is 23.9 Å². The fourth-order valence-electron chi connectivity index (χ4n) is 3.70. The summed E-state index contributed by atoms with van der Waals surface area (Å²) in [5.74, 6) is 0.00802. The highest BCUT2D eigenvalue weighted by Gasteiger charge is 2.19. The summed E-state index contributed by atoms with van der Waals surface area (Å²) in [6, 6.07) is 12.3. The van der Waals surface area contributed by atoms with Gasteiger partial charge in [-0.1, -0.05) is 18.2 Å². The van der Waals surface area contributed by atoms with Crippen LogP contribution in [-0.2, 0) is 22.6 Å². The normalized spacial score (nSPS) is 12.3. The van der Waals surface area contributed by atoms with Crippen LogP contribution in [0.2, 0.25) is 0 Å². The summed E-state index contributed by atoms with van der Waals surface area (Å²) >= 11 is 0. The van der Waals surface area contributed by atoms with Crippen LogP contribution in [-0.4, -0.2) is 51.7 Å². The number of nitrogens with zero attached hydrogens (tertiary/aromatic N) is 3. The smallest absolute Gasteiger partial charge is 0.337 e. The molecule has 12 nitrogen and oxygen atoms in total. The zero-order valence-corrected chi connectivity index (χ0v) is 19.1. The van der Waals surface area contributed by atoms with Gasteiger partial charge in [0.1, 0.15) is 23.1 Å². The number of nitrogens with one attached hydrogen (secondary N) is 4. The van der Waals surface area contributed by atoms with Gasteiger partial charge in [-0.05, 0) is 35.4 Å². The molecule has 4 aromatic rings. The number of hydrogen-bond donors (Lipinski definition) is 4. The van der Waals surface area contributed by atoms with E-state index < -0.39 is 11.9 Å². The first-order valence-electron chi connectivity index (χ1n) is 11.0. The summed E-state index contributed by atoms with van der Waals surface area (Å²) in [5, 5.41) is 15.8. The Kier molecular flexibility index (Phi) is 6.14. The Balaban J connectivity index is 1.26. The average Bonchev–Trinajstić information content (AvgIpc) is 3.33. The zero-order chi connectivity index (χ0) is 25.1. The summed E-state index contributed by atoms with van der Waals surface area (Å²) < 4.78 is 10.1. The molecule has 0 unspecified atom stereocenters. The standard InChI is InChI=1S/C24H21N7O5/c1-35-24(34)15-5-2-13(3-6-15)9-25-22-20-19(30-31-22)21(28-12-27-20)23(33)26-10-14-4-7-17-16(8-14)29-18(32)11-36-17/h2-8,12H,9-11H2,1H3,(H,26,33)(H,29,32)(H2,25,30,31). The van der Waals surface area contributed by atoms with Crippen LogP contribution in [0.1, 0.15) is 32.0 Å². The predicted molar refractivity (Wildman–Crippen MR) is 129 cm³/mol. The first-order chi connectivity index (χ1) is 17.5. The lowest BCUT2D eigenvalue weighted by molar-refractivity contribution is -0.118. The van der Waals surface area contributed by atoms with Crippen molar-refractivity contribution in [1.82, 2.24) is 25.5 Å². The van der Waals surface area contributed by atoms with Gasteiger partial charge in [-0.3, -0.25) is 14.7 Å². The molecule has 0 saturated carbocycles. The van der Waals surface area contributed by atoms with Gasteiger partial charge in [-0.2, -0.15) is 5.10 Å². The molecule has 0 fully saturated rings. The van der Waals surface area contributed by atoms with Crippen LogP contribution in [0.4, 0.5) is 11.5 Å². The summed E-state index contributed by atoms with van der Waals surface area (Å²) in [7, 11) is 1.33. The second-order valence-corrected chi connectivity index (χ2v) is 7.91. The van der Waals surface area contributed by atoms with Crippen molar-refractivity contribution in [2.24, 2.45) is 0 Å². The van der Waals surface area contributed by atoms with E-state index in [1.807, 2.05) is 6.07 Å². The highest BCUT2D eigenvalue weighted by molar-refractivity contribution is 6.04. The topological polar surface area (TPSA) is 160 Å². The number of ether oxygens (including phenoxy) is 2. The Labute approximate surface area is 204 Å². The Morgan fingerprint density at radius 1 is 1.08 bits per heavy atom. The Bertz CT molecular complexity index is 1470. The second kappa shape index (κ2) is 9.70. The van der Waals surface area contributed by atoms with Crippen molar-refractivity contribution in [3.8, 4) is 5.75 Å². The maximum absolute atomic E-state index is 12.9. The highest BCUT2D eigenvalue weighted by Crippen LogP contribution is 2.28. The van der Waals surface area contributed by atoms with Crippen LogP contribution >= 0.6 is 0 Å². The number of amides is 2. The molecule has 3 heterocycles. The highest BCUT2D eigenvalue weighted by atomic mass is 16.5. The van der Waals surface area contributed by atoms with Gasteiger partial charge < -0.3 is 25.4 Å². The molecule has 1 aliphatic heterocycles. The number of H-pyrrole nitrogens is 1.